The zero-order valence-corrected chi connectivity index (χ0v) is 8.10. The summed E-state index contributed by atoms with van der Waals surface area (Å²) in [4.78, 5) is 11.3. The Morgan fingerprint density at radius 3 is 2.92 bits per heavy atom. The maximum Gasteiger partial charge on any atom is 0.133 e. The second-order valence-electron chi connectivity index (χ2n) is 4.20. The predicted octanol–water partition coefficient (Wildman–Crippen LogP) is 2.96. The summed E-state index contributed by atoms with van der Waals surface area (Å²) in [5, 5.41) is 0. The van der Waals surface area contributed by atoms with E-state index in [9.17, 15) is 4.79 Å². The Morgan fingerprint density at radius 1 is 1.75 bits per heavy atom. The van der Waals surface area contributed by atoms with Crippen LogP contribution in [0.5, 0.6) is 0 Å². The van der Waals surface area contributed by atoms with E-state index in [1.807, 2.05) is 6.08 Å². The van der Waals surface area contributed by atoms with Crippen molar-refractivity contribution >= 4 is 5.78 Å². The summed E-state index contributed by atoms with van der Waals surface area (Å²) in [7, 11) is 0. The first kappa shape index (κ1) is 9.50. The molecule has 1 fully saturated rings. The summed E-state index contributed by atoms with van der Waals surface area (Å²) in [6.45, 7) is 7.69. The molecule has 0 aromatic heterocycles. The number of rotatable bonds is 3. The van der Waals surface area contributed by atoms with Crippen molar-refractivity contribution in [3.05, 3.63) is 12.7 Å². The monoisotopic (exact) mass is 166 g/mol. The van der Waals surface area contributed by atoms with Crippen LogP contribution in [0.25, 0.3) is 0 Å². The first-order valence-corrected chi connectivity index (χ1v) is 4.71. The van der Waals surface area contributed by atoms with Crippen LogP contribution in [-0.4, -0.2) is 5.78 Å². The van der Waals surface area contributed by atoms with Crippen molar-refractivity contribution in [1.29, 1.82) is 0 Å². The number of hydrogen-bond donors (Lipinski definition) is 0. The van der Waals surface area contributed by atoms with Crippen LogP contribution in [-0.2, 0) is 4.79 Å². The molecule has 0 heterocycles. The summed E-state index contributed by atoms with van der Waals surface area (Å²) in [5.74, 6) is 0.646. The summed E-state index contributed by atoms with van der Waals surface area (Å²) < 4.78 is 0. The van der Waals surface area contributed by atoms with Crippen molar-refractivity contribution in [2.45, 2.75) is 39.5 Å². The van der Waals surface area contributed by atoms with Crippen LogP contribution in [0.2, 0.25) is 0 Å². The minimum Gasteiger partial charge on any atom is -0.300 e. The Hall–Kier alpha value is -0.590. The lowest BCUT2D eigenvalue weighted by molar-refractivity contribution is -0.123. The third-order valence-electron chi connectivity index (χ3n) is 3.18. The number of carbonyl (C=O) groups is 1. The topological polar surface area (TPSA) is 17.1 Å². The summed E-state index contributed by atoms with van der Waals surface area (Å²) in [6, 6.07) is 0. The molecule has 1 nitrogen and oxygen atoms in total. The molecule has 1 rings (SSSR count). The van der Waals surface area contributed by atoms with Gasteiger partial charge in [0.2, 0.25) is 0 Å². The smallest absolute Gasteiger partial charge is 0.133 e. The average Bonchev–Trinajstić information content (AvgIpc) is 2.32. The second-order valence-corrected chi connectivity index (χ2v) is 4.20. The normalized spacial score (nSPS) is 35.0. The number of allylic oxidation sites excluding steroid dienone is 1. The minimum atomic E-state index is 0.216. The Labute approximate surface area is 74.9 Å². The quantitative estimate of drug-likeness (QED) is 0.589. The highest BCUT2D eigenvalue weighted by Gasteiger charge is 2.39. The molecule has 0 spiro atoms. The average molecular weight is 166 g/mol. The Balaban J connectivity index is 2.73. The van der Waals surface area contributed by atoms with Gasteiger partial charge in [-0.2, -0.15) is 0 Å². The molecule has 0 aromatic carbocycles. The van der Waals surface area contributed by atoms with E-state index in [1.165, 1.54) is 12.8 Å². The van der Waals surface area contributed by atoms with E-state index in [1.54, 1.807) is 6.92 Å². The lowest BCUT2D eigenvalue weighted by Crippen LogP contribution is -2.26. The Bertz CT molecular complexity index is 195. The van der Waals surface area contributed by atoms with Crippen molar-refractivity contribution in [2.24, 2.45) is 11.3 Å². The van der Waals surface area contributed by atoms with Gasteiger partial charge in [-0.05, 0) is 31.6 Å². The largest absolute Gasteiger partial charge is 0.300 e. The first-order valence-electron chi connectivity index (χ1n) is 4.71. The molecule has 0 bridgehead atoms. The maximum absolute atomic E-state index is 11.3. The molecule has 12 heavy (non-hydrogen) atoms. The van der Waals surface area contributed by atoms with Crippen molar-refractivity contribution in [2.75, 3.05) is 0 Å². The molecule has 0 amide bonds. The molecule has 1 aliphatic rings. The molecule has 1 aliphatic carbocycles. The summed E-state index contributed by atoms with van der Waals surface area (Å²) in [6.07, 6.45) is 6.40. The lowest BCUT2D eigenvalue weighted by atomic mass is 9.75. The van der Waals surface area contributed by atoms with Gasteiger partial charge < -0.3 is 0 Å². The fraction of sp³-hybridized carbons (Fsp3) is 0.727. The van der Waals surface area contributed by atoms with Crippen LogP contribution >= 0.6 is 0 Å². The molecule has 1 saturated carbocycles. The van der Waals surface area contributed by atoms with E-state index < -0.39 is 0 Å². The predicted molar refractivity (Wildman–Crippen MR) is 50.9 cm³/mol. The molecular weight excluding hydrogens is 148 g/mol. The van der Waals surface area contributed by atoms with Crippen molar-refractivity contribution in [1.82, 2.24) is 0 Å². The van der Waals surface area contributed by atoms with Crippen molar-refractivity contribution < 1.29 is 4.79 Å². The molecule has 68 valence electrons. The van der Waals surface area contributed by atoms with Gasteiger partial charge in [-0.3, -0.25) is 4.79 Å². The SMILES string of the molecule is C=CCC1(C)CCCC1C(C)=O. The maximum atomic E-state index is 11.3. The minimum absolute atomic E-state index is 0.216. The lowest BCUT2D eigenvalue weighted by Gasteiger charge is -2.28. The van der Waals surface area contributed by atoms with Crippen molar-refractivity contribution in [3.8, 4) is 0 Å². The van der Waals surface area contributed by atoms with Gasteiger partial charge in [0.1, 0.15) is 5.78 Å². The van der Waals surface area contributed by atoms with Crippen LogP contribution < -0.4 is 0 Å². The highest BCUT2D eigenvalue weighted by molar-refractivity contribution is 5.79. The van der Waals surface area contributed by atoms with Crippen LogP contribution in [0.15, 0.2) is 12.7 Å². The van der Waals surface area contributed by atoms with Gasteiger partial charge in [-0.25, -0.2) is 0 Å². The second kappa shape index (κ2) is 3.42. The fourth-order valence-electron chi connectivity index (χ4n) is 2.50. The molecule has 1 heteroatoms. The van der Waals surface area contributed by atoms with E-state index >= 15 is 0 Å². The number of Topliss-reactive ketones (excluding diaryl/α,β-unsaturated/α-hetero) is 1. The Morgan fingerprint density at radius 2 is 2.42 bits per heavy atom. The fourth-order valence-corrected chi connectivity index (χ4v) is 2.50. The highest BCUT2D eigenvalue weighted by Crippen LogP contribution is 2.46. The number of ketones is 1. The highest BCUT2D eigenvalue weighted by atomic mass is 16.1. The third kappa shape index (κ3) is 1.60. The van der Waals surface area contributed by atoms with E-state index in [0.29, 0.717) is 5.78 Å². The van der Waals surface area contributed by atoms with Gasteiger partial charge >= 0.3 is 0 Å². The Kier molecular flexibility index (Phi) is 2.71. The van der Waals surface area contributed by atoms with Crippen LogP contribution in [0.3, 0.4) is 0 Å². The molecule has 0 N–H and O–H groups in total. The van der Waals surface area contributed by atoms with Gasteiger partial charge in [-0.15, -0.1) is 6.58 Å². The van der Waals surface area contributed by atoms with Crippen LogP contribution in [0.4, 0.5) is 0 Å². The van der Waals surface area contributed by atoms with Gasteiger partial charge in [0.25, 0.3) is 0 Å². The number of hydrogen-bond acceptors (Lipinski definition) is 1. The molecular formula is C11H18O. The molecule has 0 aromatic rings. The zero-order valence-electron chi connectivity index (χ0n) is 8.10. The zero-order chi connectivity index (χ0) is 9.19. The van der Waals surface area contributed by atoms with Gasteiger partial charge in [0.05, 0.1) is 0 Å². The van der Waals surface area contributed by atoms with E-state index in [-0.39, 0.29) is 11.3 Å². The van der Waals surface area contributed by atoms with Crippen molar-refractivity contribution in [3.63, 3.8) is 0 Å². The van der Waals surface area contributed by atoms with E-state index in [4.69, 9.17) is 0 Å². The first-order chi connectivity index (χ1) is 5.60. The summed E-state index contributed by atoms with van der Waals surface area (Å²) in [5.41, 5.74) is 0.216. The molecule has 0 aliphatic heterocycles. The van der Waals surface area contributed by atoms with E-state index in [2.05, 4.69) is 13.5 Å². The summed E-state index contributed by atoms with van der Waals surface area (Å²) >= 11 is 0. The molecule has 2 atom stereocenters. The number of carbonyl (C=O) groups excluding carboxylic acids is 1. The third-order valence-corrected chi connectivity index (χ3v) is 3.18. The standard InChI is InChI=1S/C11H18O/c1-4-7-11(3)8-5-6-10(11)9(2)12/h4,10H,1,5-8H2,2-3H3. The van der Waals surface area contributed by atoms with Gasteiger partial charge in [0.15, 0.2) is 0 Å². The molecule has 2 unspecified atom stereocenters. The van der Waals surface area contributed by atoms with Gasteiger partial charge in [-0.1, -0.05) is 19.4 Å². The van der Waals surface area contributed by atoms with Crippen LogP contribution in [0.1, 0.15) is 39.5 Å². The molecule has 0 saturated heterocycles. The van der Waals surface area contributed by atoms with Crippen LogP contribution in [0, 0.1) is 11.3 Å². The van der Waals surface area contributed by atoms with Gasteiger partial charge in [0, 0.05) is 5.92 Å². The molecule has 0 radical (unpaired) electrons. The van der Waals surface area contributed by atoms with E-state index in [0.717, 1.165) is 12.8 Å².